The van der Waals surface area contributed by atoms with Gasteiger partial charge in [0, 0.05) is 34.7 Å². The topological polar surface area (TPSA) is 35.8 Å². The number of anilines is 1. The minimum Gasteiger partial charge on any atom is -0.384 e. The molecule has 1 fully saturated rings. The van der Waals surface area contributed by atoms with Gasteiger partial charge in [0.05, 0.1) is 10.6 Å². The SMILES string of the molecule is N#Cc1ccc(NC[C@@H]2CSCCS2)cc1Cl. The van der Waals surface area contributed by atoms with Crippen LogP contribution in [0, 0.1) is 11.3 Å². The largest absolute Gasteiger partial charge is 0.384 e. The predicted octanol–water partition coefficient (Wildman–Crippen LogP) is 3.47. The number of halogens is 1. The molecule has 1 N–H and O–H groups in total. The first-order valence-electron chi connectivity index (χ1n) is 5.42. The van der Waals surface area contributed by atoms with Crippen molar-refractivity contribution in [1.29, 1.82) is 5.26 Å². The standard InChI is InChI=1S/C12H13ClN2S2/c13-12-5-10(2-1-9(12)6-14)15-7-11-8-16-3-4-17-11/h1-2,5,11,15H,3-4,7-8H2/t11-/m1/s1. The van der Waals surface area contributed by atoms with Gasteiger partial charge in [0.1, 0.15) is 6.07 Å². The Morgan fingerprint density at radius 2 is 2.35 bits per heavy atom. The lowest BCUT2D eigenvalue weighted by Gasteiger charge is -2.21. The van der Waals surface area contributed by atoms with Crippen molar-refractivity contribution in [3.05, 3.63) is 28.8 Å². The lowest BCUT2D eigenvalue weighted by atomic mass is 10.2. The molecule has 5 heteroatoms. The van der Waals surface area contributed by atoms with E-state index in [2.05, 4.69) is 11.4 Å². The summed E-state index contributed by atoms with van der Waals surface area (Å²) in [5.74, 6) is 3.72. The molecule has 0 amide bonds. The highest BCUT2D eigenvalue weighted by Gasteiger charge is 2.13. The fourth-order valence-corrected chi connectivity index (χ4v) is 4.44. The highest BCUT2D eigenvalue weighted by molar-refractivity contribution is 8.06. The Bertz CT molecular complexity index is 425. The van der Waals surface area contributed by atoms with Crippen LogP contribution in [0.2, 0.25) is 5.02 Å². The summed E-state index contributed by atoms with van der Waals surface area (Å²) < 4.78 is 0. The molecule has 1 aromatic rings. The van der Waals surface area contributed by atoms with Crippen molar-refractivity contribution in [1.82, 2.24) is 0 Å². The Balaban J connectivity index is 1.90. The first-order valence-corrected chi connectivity index (χ1v) is 8.00. The summed E-state index contributed by atoms with van der Waals surface area (Å²) in [5, 5.41) is 13.3. The van der Waals surface area contributed by atoms with Crippen LogP contribution in [0.4, 0.5) is 5.69 Å². The van der Waals surface area contributed by atoms with Gasteiger partial charge in [0.25, 0.3) is 0 Å². The van der Waals surface area contributed by atoms with Crippen LogP contribution >= 0.6 is 35.1 Å². The van der Waals surface area contributed by atoms with Crippen molar-refractivity contribution in [3.63, 3.8) is 0 Å². The average Bonchev–Trinajstić information content (AvgIpc) is 2.38. The van der Waals surface area contributed by atoms with Gasteiger partial charge in [-0.2, -0.15) is 28.8 Å². The average molecular weight is 285 g/mol. The van der Waals surface area contributed by atoms with Gasteiger partial charge in [0.2, 0.25) is 0 Å². The number of nitriles is 1. The van der Waals surface area contributed by atoms with Crippen LogP contribution in [-0.2, 0) is 0 Å². The maximum Gasteiger partial charge on any atom is 0.101 e. The number of thioether (sulfide) groups is 2. The van der Waals surface area contributed by atoms with E-state index in [4.69, 9.17) is 16.9 Å². The number of nitrogens with zero attached hydrogens (tertiary/aromatic N) is 1. The number of nitrogens with one attached hydrogen (secondary N) is 1. The van der Waals surface area contributed by atoms with Crippen molar-refractivity contribution >= 4 is 40.8 Å². The molecule has 0 aromatic heterocycles. The smallest absolute Gasteiger partial charge is 0.101 e. The number of benzene rings is 1. The molecule has 1 heterocycles. The summed E-state index contributed by atoms with van der Waals surface area (Å²) in [6.07, 6.45) is 0. The molecule has 1 saturated heterocycles. The van der Waals surface area contributed by atoms with E-state index in [0.29, 0.717) is 15.8 Å². The van der Waals surface area contributed by atoms with Gasteiger partial charge in [-0.3, -0.25) is 0 Å². The van der Waals surface area contributed by atoms with Crippen molar-refractivity contribution in [3.8, 4) is 6.07 Å². The third-order valence-corrected chi connectivity index (χ3v) is 5.67. The van der Waals surface area contributed by atoms with Crippen LogP contribution in [0.5, 0.6) is 0 Å². The summed E-state index contributed by atoms with van der Waals surface area (Å²) in [6.45, 7) is 0.958. The lowest BCUT2D eigenvalue weighted by Crippen LogP contribution is -2.23. The maximum atomic E-state index is 8.78. The van der Waals surface area contributed by atoms with E-state index in [0.717, 1.165) is 12.2 Å². The maximum absolute atomic E-state index is 8.78. The summed E-state index contributed by atoms with van der Waals surface area (Å²) in [5.41, 5.74) is 1.52. The number of hydrogen-bond donors (Lipinski definition) is 1. The molecule has 1 atom stereocenters. The van der Waals surface area contributed by atoms with Crippen LogP contribution in [0.15, 0.2) is 18.2 Å². The molecule has 2 nitrogen and oxygen atoms in total. The third kappa shape index (κ3) is 3.74. The molecule has 0 aliphatic carbocycles. The van der Waals surface area contributed by atoms with Gasteiger partial charge in [-0.05, 0) is 18.2 Å². The monoisotopic (exact) mass is 284 g/mol. The highest BCUT2D eigenvalue weighted by Crippen LogP contribution is 2.25. The van der Waals surface area contributed by atoms with E-state index in [9.17, 15) is 0 Å². The van der Waals surface area contributed by atoms with Gasteiger partial charge in [-0.15, -0.1) is 0 Å². The Morgan fingerprint density at radius 1 is 1.47 bits per heavy atom. The third-order valence-electron chi connectivity index (χ3n) is 2.51. The fraction of sp³-hybridized carbons (Fsp3) is 0.417. The zero-order chi connectivity index (χ0) is 12.1. The number of rotatable bonds is 3. The van der Waals surface area contributed by atoms with E-state index >= 15 is 0 Å². The summed E-state index contributed by atoms with van der Waals surface area (Å²) in [4.78, 5) is 0. The molecule has 1 aliphatic rings. The van der Waals surface area contributed by atoms with Crippen molar-refractivity contribution in [2.75, 3.05) is 29.1 Å². The molecule has 0 unspecified atom stereocenters. The first-order chi connectivity index (χ1) is 8.29. The van der Waals surface area contributed by atoms with E-state index < -0.39 is 0 Å². The van der Waals surface area contributed by atoms with Crippen LogP contribution in [0.25, 0.3) is 0 Å². The van der Waals surface area contributed by atoms with Gasteiger partial charge in [0.15, 0.2) is 0 Å². The molecule has 0 radical (unpaired) electrons. The second-order valence-electron chi connectivity index (χ2n) is 3.76. The molecule has 17 heavy (non-hydrogen) atoms. The van der Waals surface area contributed by atoms with Crippen LogP contribution in [-0.4, -0.2) is 29.1 Å². The van der Waals surface area contributed by atoms with Crippen molar-refractivity contribution < 1.29 is 0 Å². The summed E-state index contributed by atoms with van der Waals surface area (Å²) in [6, 6.07) is 7.55. The van der Waals surface area contributed by atoms with Gasteiger partial charge in [-0.1, -0.05) is 11.6 Å². The Morgan fingerprint density at radius 3 is 3.00 bits per heavy atom. The molecule has 1 aromatic carbocycles. The van der Waals surface area contributed by atoms with E-state index in [1.807, 2.05) is 35.7 Å². The zero-order valence-electron chi connectivity index (χ0n) is 9.28. The lowest BCUT2D eigenvalue weighted by molar-refractivity contribution is 1.00. The van der Waals surface area contributed by atoms with Crippen LogP contribution in [0.3, 0.4) is 0 Å². The first kappa shape index (κ1) is 12.9. The molecule has 0 spiro atoms. The number of hydrogen-bond acceptors (Lipinski definition) is 4. The van der Waals surface area contributed by atoms with Crippen molar-refractivity contribution in [2.45, 2.75) is 5.25 Å². The fourth-order valence-electron chi connectivity index (χ4n) is 1.60. The van der Waals surface area contributed by atoms with Crippen LogP contribution in [0.1, 0.15) is 5.56 Å². The highest BCUT2D eigenvalue weighted by atomic mass is 35.5. The van der Waals surface area contributed by atoms with Gasteiger partial charge >= 0.3 is 0 Å². The Labute approximate surface area is 115 Å². The van der Waals surface area contributed by atoms with Crippen molar-refractivity contribution in [2.24, 2.45) is 0 Å². The minimum atomic E-state index is 0.517. The zero-order valence-corrected chi connectivity index (χ0v) is 11.7. The molecule has 2 rings (SSSR count). The molecular formula is C12H13ClN2S2. The normalized spacial score (nSPS) is 19.6. The van der Waals surface area contributed by atoms with Crippen LogP contribution < -0.4 is 5.32 Å². The quantitative estimate of drug-likeness (QED) is 0.922. The second kappa shape index (κ2) is 6.44. The van der Waals surface area contributed by atoms with Gasteiger partial charge < -0.3 is 5.32 Å². The molecule has 0 bridgehead atoms. The molecule has 0 saturated carbocycles. The molecule has 90 valence electrons. The molecule has 1 aliphatic heterocycles. The van der Waals surface area contributed by atoms with E-state index in [-0.39, 0.29) is 0 Å². The van der Waals surface area contributed by atoms with E-state index in [1.165, 1.54) is 17.3 Å². The Kier molecular flexibility index (Phi) is 4.90. The summed E-state index contributed by atoms with van der Waals surface area (Å²) in [7, 11) is 0. The minimum absolute atomic E-state index is 0.517. The summed E-state index contributed by atoms with van der Waals surface area (Å²) >= 11 is 10.0. The molecular weight excluding hydrogens is 272 g/mol. The van der Waals surface area contributed by atoms with E-state index in [1.54, 1.807) is 6.07 Å². The predicted molar refractivity (Wildman–Crippen MR) is 78.2 cm³/mol. The second-order valence-corrected chi connectivity index (χ2v) is 6.72. The Hall–Kier alpha value is -0.500. The van der Waals surface area contributed by atoms with Gasteiger partial charge in [-0.25, -0.2) is 0 Å².